The maximum atomic E-state index is 13.9. The molecule has 2 N–H and O–H groups in total. The lowest BCUT2D eigenvalue weighted by atomic mass is 9.81. The number of nitrogens with zero attached hydrogens (tertiary/aromatic N) is 1. The minimum absolute atomic E-state index is 0.00632. The largest absolute Gasteiger partial charge is 0.493 e. The second-order valence-electron chi connectivity index (χ2n) is 14.9. The van der Waals surface area contributed by atoms with Crippen LogP contribution in [0.2, 0.25) is 0 Å². The maximum Gasteiger partial charge on any atom is 0.410 e. The Hall–Kier alpha value is -4.33. The number of amides is 3. The molecule has 7 rings (SSSR count). The summed E-state index contributed by atoms with van der Waals surface area (Å²) in [5.74, 6) is 0.762. The van der Waals surface area contributed by atoms with Crippen LogP contribution in [0, 0.1) is 5.92 Å². The average molecular weight is 650 g/mol. The summed E-state index contributed by atoms with van der Waals surface area (Å²) >= 11 is 0. The van der Waals surface area contributed by atoms with Crippen LogP contribution in [-0.4, -0.2) is 47.6 Å². The van der Waals surface area contributed by atoms with Gasteiger partial charge < -0.3 is 20.1 Å². The van der Waals surface area contributed by atoms with Gasteiger partial charge in [-0.2, -0.15) is 0 Å². The SMILES string of the molecule is CC(C)(C)OC(=O)N1C[C@@H](c2ccc3c(c2)CC[C@H](C(=O)NC2CCOc4ccccc42)C3)C[C@H]1C(=O)NC1CCCc2ccccc21. The Balaban J connectivity index is 1.04. The van der Waals surface area contributed by atoms with Crippen molar-refractivity contribution in [2.75, 3.05) is 13.2 Å². The van der Waals surface area contributed by atoms with Gasteiger partial charge in [0.05, 0.1) is 18.7 Å². The highest BCUT2D eigenvalue weighted by molar-refractivity contribution is 5.87. The summed E-state index contributed by atoms with van der Waals surface area (Å²) in [6, 6.07) is 22.1. The Morgan fingerprint density at radius 3 is 2.40 bits per heavy atom. The van der Waals surface area contributed by atoms with Crippen molar-refractivity contribution in [3.05, 3.63) is 100 Å². The van der Waals surface area contributed by atoms with Crippen molar-refractivity contribution in [2.24, 2.45) is 5.92 Å². The fourth-order valence-electron chi connectivity index (χ4n) is 8.05. The average Bonchev–Trinajstić information content (AvgIpc) is 3.54. The summed E-state index contributed by atoms with van der Waals surface area (Å²) in [7, 11) is 0. The Labute approximate surface area is 283 Å². The highest BCUT2D eigenvalue weighted by Gasteiger charge is 2.43. The zero-order valence-corrected chi connectivity index (χ0v) is 28.3. The van der Waals surface area contributed by atoms with E-state index in [0.29, 0.717) is 26.0 Å². The lowest BCUT2D eigenvalue weighted by Crippen LogP contribution is -2.48. The third-order valence-corrected chi connectivity index (χ3v) is 10.5. The van der Waals surface area contributed by atoms with E-state index in [2.05, 4.69) is 47.0 Å². The quantitative estimate of drug-likeness (QED) is 0.320. The van der Waals surface area contributed by atoms with Crippen molar-refractivity contribution in [3.8, 4) is 5.75 Å². The summed E-state index contributed by atoms with van der Waals surface area (Å²) in [5, 5.41) is 6.61. The van der Waals surface area contributed by atoms with E-state index in [9.17, 15) is 14.4 Å². The normalized spacial score (nSPS) is 24.7. The van der Waals surface area contributed by atoms with Gasteiger partial charge >= 0.3 is 6.09 Å². The van der Waals surface area contributed by atoms with Gasteiger partial charge in [-0.15, -0.1) is 0 Å². The van der Waals surface area contributed by atoms with Gasteiger partial charge in [0.15, 0.2) is 0 Å². The molecule has 1 saturated heterocycles. The van der Waals surface area contributed by atoms with Gasteiger partial charge in [0, 0.05) is 30.4 Å². The molecule has 3 amide bonds. The molecule has 0 saturated carbocycles. The van der Waals surface area contributed by atoms with Gasteiger partial charge in [-0.25, -0.2) is 4.79 Å². The molecule has 5 atom stereocenters. The van der Waals surface area contributed by atoms with Crippen molar-refractivity contribution >= 4 is 17.9 Å². The molecule has 4 aliphatic rings. The van der Waals surface area contributed by atoms with Gasteiger partial charge in [-0.1, -0.05) is 60.7 Å². The van der Waals surface area contributed by atoms with E-state index in [4.69, 9.17) is 9.47 Å². The highest BCUT2D eigenvalue weighted by atomic mass is 16.6. The highest BCUT2D eigenvalue weighted by Crippen LogP contribution is 2.38. The molecular formula is C40H47N3O5. The Morgan fingerprint density at radius 1 is 0.812 bits per heavy atom. The molecule has 0 bridgehead atoms. The lowest BCUT2D eigenvalue weighted by molar-refractivity contribution is -0.127. The molecule has 8 heteroatoms. The van der Waals surface area contributed by atoms with Crippen LogP contribution in [0.25, 0.3) is 0 Å². The molecule has 0 aromatic heterocycles. The first-order valence-corrected chi connectivity index (χ1v) is 17.6. The number of para-hydroxylation sites is 1. The van der Waals surface area contributed by atoms with Crippen molar-refractivity contribution in [1.82, 2.24) is 15.5 Å². The standard InChI is InChI=1S/C40H47N3O5/c1-40(2,3)48-39(46)43-24-30(23-35(43)38(45)42-33-13-8-10-25-9-4-5-11-31(25)33)28-16-15-27-22-29(18-17-26(27)21-28)37(44)41-34-19-20-47-36-14-7-6-12-32(34)36/h4-7,9,11-12,14-16,21,29-30,33-35H,8,10,13,17-20,22-24H2,1-3H3,(H,41,44)(H,42,45)/t29-,30-,33?,34?,35-/m0/s1. The van der Waals surface area contributed by atoms with Gasteiger partial charge in [-0.05, 0) is 99.6 Å². The number of rotatable bonds is 5. The van der Waals surface area contributed by atoms with Crippen LogP contribution in [0.5, 0.6) is 5.75 Å². The summed E-state index contributed by atoms with van der Waals surface area (Å²) < 4.78 is 11.6. The molecule has 8 nitrogen and oxygen atoms in total. The third-order valence-electron chi connectivity index (χ3n) is 10.5. The van der Waals surface area contributed by atoms with Crippen LogP contribution in [-0.2, 0) is 33.6 Å². The molecule has 1 fully saturated rings. The van der Waals surface area contributed by atoms with E-state index in [1.165, 1.54) is 22.3 Å². The summed E-state index contributed by atoms with van der Waals surface area (Å²) in [5.41, 5.74) is 6.42. The minimum Gasteiger partial charge on any atom is -0.493 e. The fourth-order valence-corrected chi connectivity index (χ4v) is 8.05. The molecule has 2 aliphatic carbocycles. The Bertz CT molecular complexity index is 1700. The molecule has 2 heterocycles. The number of benzene rings is 3. The van der Waals surface area contributed by atoms with E-state index in [-0.39, 0.29) is 35.7 Å². The number of carbonyl (C=O) groups excluding carboxylic acids is 3. The Kier molecular flexibility index (Phi) is 8.92. The number of hydrogen-bond acceptors (Lipinski definition) is 5. The molecule has 3 aromatic rings. The second-order valence-corrected chi connectivity index (χ2v) is 14.9. The fraction of sp³-hybridized carbons (Fsp3) is 0.475. The summed E-state index contributed by atoms with van der Waals surface area (Å²) in [6.07, 6.45) is 6.09. The summed E-state index contributed by atoms with van der Waals surface area (Å²) in [6.45, 7) is 6.58. The van der Waals surface area contributed by atoms with Crippen molar-refractivity contribution in [3.63, 3.8) is 0 Å². The smallest absolute Gasteiger partial charge is 0.410 e. The summed E-state index contributed by atoms with van der Waals surface area (Å²) in [4.78, 5) is 42.5. The van der Waals surface area contributed by atoms with Gasteiger partial charge in [0.1, 0.15) is 17.4 Å². The number of ether oxygens (including phenoxy) is 2. The van der Waals surface area contributed by atoms with Crippen molar-refractivity contribution in [1.29, 1.82) is 0 Å². The van der Waals surface area contributed by atoms with E-state index in [0.717, 1.165) is 55.4 Å². The number of likely N-dealkylation sites (tertiary alicyclic amines) is 1. The molecule has 2 unspecified atom stereocenters. The zero-order valence-electron chi connectivity index (χ0n) is 28.3. The molecular weight excluding hydrogens is 602 g/mol. The Morgan fingerprint density at radius 2 is 1.56 bits per heavy atom. The lowest BCUT2D eigenvalue weighted by Gasteiger charge is -2.31. The van der Waals surface area contributed by atoms with Gasteiger partial charge in [-0.3, -0.25) is 14.5 Å². The van der Waals surface area contributed by atoms with Crippen LogP contribution >= 0.6 is 0 Å². The number of carbonyl (C=O) groups is 3. The number of fused-ring (bicyclic) bond motifs is 3. The monoisotopic (exact) mass is 649 g/mol. The van der Waals surface area contributed by atoms with Crippen LogP contribution in [0.15, 0.2) is 66.7 Å². The van der Waals surface area contributed by atoms with Crippen LogP contribution < -0.4 is 15.4 Å². The molecule has 2 aliphatic heterocycles. The minimum atomic E-state index is -0.665. The molecule has 252 valence electrons. The van der Waals surface area contributed by atoms with Crippen LogP contribution in [0.1, 0.15) is 104 Å². The van der Waals surface area contributed by atoms with E-state index >= 15 is 0 Å². The third kappa shape index (κ3) is 6.80. The first-order valence-electron chi connectivity index (χ1n) is 17.6. The number of aryl methyl sites for hydroxylation is 2. The first-order chi connectivity index (χ1) is 23.1. The first kappa shape index (κ1) is 32.2. The molecule has 0 radical (unpaired) electrons. The van der Waals surface area contributed by atoms with Crippen LogP contribution in [0.3, 0.4) is 0 Å². The zero-order chi connectivity index (χ0) is 33.4. The maximum absolute atomic E-state index is 13.9. The van der Waals surface area contributed by atoms with E-state index < -0.39 is 17.7 Å². The predicted molar refractivity (Wildman–Crippen MR) is 184 cm³/mol. The van der Waals surface area contributed by atoms with Gasteiger partial charge in [0.2, 0.25) is 11.8 Å². The predicted octanol–water partition coefficient (Wildman–Crippen LogP) is 6.72. The van der Waals surface area contributed by atoms with Crippen molar-refractivity contribution in [2.45, 2.75) is 102 Å². The van der Waals surface area contributed by atoms with Crippen molar-refractivity contribution < 1.29 is 23.9 Å². The molecule has 0 spiro atoms. The van der Waals surface area contributed by atoms with E-state index in [1.807, 2.05) is 51.1 Å². The van der Waals surface area contributed by atoms with Crippen LogP contribution in [0.4, 0.5) is 4.79 Å². The number of hydrogen-bond donors (Lipinski definition) is 2. The second kappa shape index (κ2) is 13.3. The van der Waals surface area contributed by atoms with E-state index in [1.54, 1.807) is 4.90 Å². The molecule has 3 aromatic carbocycles. The molecule has 48 heavy (non-hydrogen) atoms. The van der Waals surface area contributed by atoms with Gasteiger partial charge in [0.25, 0.3) is 0 Å². The number of nitrogens with one attached hydrogen (secondary N) is 2. The topological polar surface area (TPSA) is 97.0 Å².